The van der Waals surface area contributed by atoms with E-state index in [-0.39, 0.29) is 117 Å². The summed E-state index contributed by atoms with van der Waals surface area (Å²) >= 11 is 4.55. The van der Waals surface area contributed by atoms with E-state index in [0.29, 0.717) is 147 Å². The summed E-state index contributed by atoms with van der Waals surface area (Å²) < 4.78 is 90.4. The number of ether oxygens (including phenoxy) is 15. The Labute approximate surface area is 721 Å². The monoisotopic (exact) mass is 1870 g/mol. The average molecular weight is 1870 g/mol. The van der Waals surface area contributed by atoms with E-state index in [1.54, 1.807) is 62.8 Å². The second-order valence-corrected chi connectivity index (χ2v) is 35.9. The summed E-state index contributed by atoms with van der Waals surface area (Å²) in [7, 11) is 13.4. The van der Waals surface area contributed by atoms with Gasteiger partial charge >= 0.3 is 0 Å². The number of fused-ring (bicyclic) bond motifs is 10. The van der Waals surface area contributed by atoms with Gasteiger partial charge < -0.3 is 115 Å². The quantitative estimate of drug-likeness (QED) is 0.0456. The van der Waals surface area contributed by atoms with Crippen LogP contribution in [-0.4, -0.2) is 265 Å². The standard InChI is InChI=1S/C39H52N4O10.C27H28N4O6.C19H26N2O5.CH2I2/c1-40-28-21-32(30(46-3)19-24(28)36(44)42-15-9-11-26(42)38(40)52-34-13-5-7-17-48-34)50-23-51-33-22-29-25(20-31(33)47-4)37(45)43-16-10-12-27(43)39(41(29)2)53-35-14-6-8-18-49-35;1-34-22-9-18-20(28-13-16-5-3-7-30(16)26(18)32)11-24(22)36-15-37-25-12-21-19(10-23(25)35-2)27(33)31-8-4-6-17(31)14-29-21;1-20-14-11-15(22)16(24-2)10-12(14)18(23)21-8-5-6-13(21)19(20)26-17-7-3-4-9-25-17;2-1-3/h19-22,26-27,34-35,38-39H,5-18,23H2,1-4H3;9-14,16-17H,3-8,15H2,1-2H3;10-11,13,17,19,22H,3-9H2,1-2H3;1H2/t26-,27-,34?,35?,38-,39-;16-,17-;13-,17?,19-;/m000./s1. The molecule has 1 N–H and O–H groups in total. The van der Waals surface area contributed by atoms with Gasteiger partial charge in [0.1, 0.15) is 0 Å². The highest BCUT2D eigenvalue weighted by molar-refractivity contribution is 14.2. The highest BCUT2D eigenvalue weighted by Crippen LogP contribution is 2.48. The molecular formula is C86H108I2N10O21. The molecule has 13 aliphatic heterocycles. The lowest BCUT2D eigenvalue weighted by atomic mass is 10.1. The zero-order valence-electron chi connectivity index (χ0n) is 68.8. The topological polar surface area (TPSA) is 295 Å². The van der Waals surface area contributed by atoms with Gasteiger partial charge in [0, 0.05) is 116 Å². The van der Waals surface area contributed by atoms with Gasteiger partial charge in [-0.25, -0.2) is 0 Å². The van der Waals surface area contributed by atoms with E-state index >= 15 is 0 Å². The van der Waals surface area contributed by atoms with E-state index in [2.05, 4.69) is 55.2 Å². The van der Waals surface area contributed by atoms with Crippen molar-refractivity contribution in [1.82, 2.24) is 24.5 Å². The third-order valence-electron chi connectivity index (χ3n) is 24.6. The van der Waals surface area contributed by atoms with Gasteiger partial charge in [0.2, 0.25) is 13.6 Å². The summed E-state index contributed by atoms with van der Waals surface area (Å²) in [5.41, 5.74) is 5.63. The SMILES string of the molecule is COc1cc2c(cc1O)N(C)[C@@H](OC1CCCCO1)[C@@H]1CCCN1C2=O.COc1cc2c(cc1OCOc1cc3c(cc1OC)C(=O)N1CCC[C@H]1C=N3)N=C[C@@H]1CCCN1C2=O.COc1cc2c(cc1OCOc1cc3c(cc1OC)C(=O)N1CCC[C@H]1[C@H](OC1CCCCO1)N3C)N(C)[C@@H](OC1CCCCO1)[C@@H]1CCCN1C2=O.ICI. The van der Waals surface area contributed by atoms with Crippen molar-refractivity contribution < 1.29 is 100 Å². The van der Waals surface area contributed by atoms with Crippen molar-refractivity contribution in [2.75, 3.05) is 140 Å². The smallest absolute Gasteiger partial charge is 0.256 e. The second-order valence-electron chi connectivity index (χ2n) is 31.4. The highest BCUT2D eigenvalue weighted by atomic mass is 127. The normalized spacial score (nSPS) is 25.8. The van der Waals surface area contributed by atoms with Crippen LogP contribution in [0.4, 0.5) is 28.4 Å². The Morgan fingerprint density at radius 3 is 0.983 bits per heavy atom. The number of nitrogens with zero attached hydrogens (tertiary/aromatic N) is 10. The maximum atomic E-state index is 14.0. The van der Waals surface area contributed by atoms with Gasteiger partial charge in [-0.05, 0) is 152 Å². The molecule has 11 atom stereocenters. The molecule has 5 aromatic carbocycles. The number of benzene rings is 5. The van der Waals surface area contributed by atoms with Crippen LogP contribution in [0, 0.1) is 0 Å². The summed E-state index contributed by atoms with van der Waals surface area (Å²) in [6.07, 6.45) is 19.6. The summed E-state index contributed by atoms with van der Waals surface area (Å²) in [5, 5.41) is 10.2. The van der Waals surface area contributed by atoms with Gasteiger partial charge in [0.15, 0.2) is 95.0 Å². The number of amides is 5. The van der Waals surface area contributed by atoms with Crippen LogP contribution in [0.2, 0.25) is 0 Å². The van der Waals surface area contributed by atoms with E-state index in [1.165, 1.54) is 23.8 Å². The van der Waals surface area contributed by atoms with Crippen LogP contribution >= 0.6 is 45.2 Å². The van der Waals surface area contributed by atoms with Crippen molar-refractivity contribution in [3.05, 3.63) is 88.5 Å². The molecule has 0 radical (unpaired) electrons. The van der Waals surface area contributed by atoms with Gasteiger partial charge in [-0.2, -0.15) is 0 Å². The largest absolute Gasteiger partial charge is 0.504 e. The first-order valence-corrected chi connectivity index (χ1v) is 44.5. The Kier molecular flexibility index (Phi) is 27.7. The van der Waals surface area contributed by atoms with Crippen molar-refractivity contribution in [3.8, 4) is 57.5 Å². The second kappa shape index (κ2) is 38.6. The van der Waals surface area contributed by atoms with Gasteiger partial charge in [-0.3, -0.25) is 34.0 Å². The number of likely N-dealkylation sites (N-methyl/N-ethyl adjacent to an activating group) is 3. The Bertz CT molecular complexity index is 4340. The van der Waals surface area contributed by atoms with Crippen LogP contribution in [0.3, 0.4) is 0 Å². The van der Waals surface area contributed by atoms with Crippen molar-refractivity contribution in [2.24, 2.45) is 9.98 Å². The molecule has 5 amide bonds. The van der Waals surface area contributed by atoms with Crippen molar-refractivity contribution in [2.45, 2.75) is 190 Å². The minimum atomic E-state index is -0.389. The highest BCUT2D eigenvalue weighted by Gasteiger charge is 2.49. The summed E-state index contributed by atoms with van der Waals surface area (Å²) in [6.45, 7) is 5.18. The number of phenolic OH excluding ortho intramolecular Hbond substituents is 1. The molecule has 33 heteroatoms. The van der Waals surface area contributed by atoms with Gasteiger partial charge in [-0.1, -0.05) is 45.2 Å². The third kappa shape index (κ3) is 17.9. The zero-order valence-corrected chi connectivity index (χ0v) is 73.1. The zero-order chi connectivity index (χ0) is 83.1. The Balaban J connectivity index is 0.000000145. The minimum Gasteiger partial charge on any atom is -0.504 e. The van der Waals surface area contributed by atoms with E-state index in [9.17, 15) is 29.1 Å². The molecule has 31 nitrogen and oxygen atoms in total. The first kappa shape index (κ1) is 85.4. The molecule has 0 aromatic heterocycles. The van der Waals surface area contributed by atoms with Crippen LogP contribution in [0.25, 0.3) is 0 Å². The number of carbonyl (C=O) groups excluding carboxylic acids is 5. The molecule has 8 fully saturated rings. The van der Waals surface area contributed by atoms with Gasteiger partial charge in [0.25, 0.3) is 29.5 Å². The van der Waals surface area contributed by atoms with Crippen molar-refractivity contribution >= 4 is 116 Å². The molecule has 0 bridgehead atoms. The minimum absolute atomic E-state index is 0.0145. The van der Waals surface area contributed by atoms with Crippen molar-refractivity contribution in [1.29, 1.82) is 0 Å². The predicted octanol–water partition coefficient (Wildman–Crippen LogP) is 12.9. The van der Waals surface area contributed by atoms with E-state index < -0.39 is 0 Å². The molecule has 0 aliphatic carbocycles. The first-order chi connectivity index (χ1) is 57.9. The molecule has 8 saturated heterocycles. The van der Waals surface area contributed by atoms with Crippen LogP contribution in [0.5, 0.6) is 57.5 Å². The van der Waals surface area contributed by atoms with Gasteiger partial charge in [-0.15, -0.1) is 0 Å². The predicted molar refractivity (Wildman–Crippen MR) is 459 cm³/mol. The number of methoxy groups -OCH3 is 5. The molecule has 119 heavy (non-hydrogen) atoms. The summed E-state index contributed by atoms with van der Waals surface area (Å²) in [5.74, 6) is 3.30. The van der Waals surface area contributed by atoms with Crippen LogP contribution < -0.4 is 57.3 Å². The number of hydrogen-bond donors (Lipinski definition) is 1. The van der Waals surface area contributed by atoms with Crippen molar-refractivity contribution in [3.63, 3.8) is 0 Å². The van der Waals surface area contributed by atoms with Gasteiger partial charge in [0.05, 0.1) is 124 Å². The Morgan fingerprint density at radius 2 is 0.655 bits per heavy atom. The molecule has 0 saturated carbocycles. The number of aliphatic imine (C=N–C) groups is 2. The molecule has 642 valence electrons. The Hall–Kier alpha value is -8.59. The molecular weight excluding hydrogens is 1760 g/mol. The molecule has 18 rings (SSSR count). The van der Waals surface area contributed by atoms with Crippen LogP contribution in [0.15, 0.2) is 70.6 Å². The fraction of sp³-hybridized carbons (Fsp3) is 0.570. The van der Waals surface area contributed by atoms with Crippen LogP contribution in [0.1, 0.15) is 174 Å². The number of aromatic hydroxyl groups is 1. The molecule has 0 spiro atoms. The lowest BCUT2D eigenvalue weighted by molar-refractivity contribution is -0.196. The lowest BCUT2D eigenvalue weighted by Crippen LogP contribution is -2.50. The van der Waals surface area contributed by atoms with E-state index in [1.807, 2.05) is 84.9 Å². The molecule has 13 heterocycles. The maximum Gasteiger partial charge on any atom is 0.256 e. The maximum absolute atomic E-state index is 14.0. The number of hydrogen-bond acceptors (Lipinski definition) is 26. The average Bonchev–Trinajstić information content (AvgIpc) is 1.64. The number of anilines is 3. The first-order valence-electron chi connectivity index (χ1n) is 41.5. The third-order valence-corrected chi connectivity index (χ3v) is 24.6. The Morgan fingerprint density at radius 1 is 0.361 bits per heavy atom. The number of halogens is 2. The fourth-order valence-electron chi connectivity index (χ4n) is 18.4. The molecule has 5 aromatic rings. The molecule has 3 unspecified atom stereocenters. The fourth-order valence-corrected chi connectivity index (χ4v) is 18.4. The van der Waals surface area contributed by atoms with Crippen LogP contribution in [-0.2, 0) is 28.4 Å². The number of phenols is 1. The lowest BCUT2D eigenvalue weighted by Gasteiger charge is -2.38. The van der Waals surface area contributed by atoms with E-state index in [4.69, 9.17) is 71.1 Å². The summed E-state index contributed by atoms with van der Waals surface area (Å²) in [4.78, 5) is 91.8. The number of rotatable bonds is 19. The molecule has 13 aliphatic rings. The number of carbonyl (C=O) groups is 5. The van der Waals surface area contributed by atoms with E-state index in [0.717, 1.165) is 135 Å². The number of alkyl halides is 2. The summed E-state index contributed by atoms with van der Waals surface area (Å²) in [6, 6.07) is 16.8.